The van der Waals surface area contributed by atoms with Gasteiger partial charge in [-0.3, -0.25) is 0 Å². The molecule has 0 aromatic heterocycles. The third-order valence-electron chi connectivity index (χ3n) is 1.36. The summed E-state index contributed by atoms with van der Waals surface area (Å²) in [5, 5.41) is 0. The van der Waals surface area contributed by atoms with Crippen molar-refractivity contribution in [1.29, 1.82) is 0 Å². The van der Waals surface area contributed by atoms with Crippen molar-refractivity contribution >= 4 is 6.09 Å². The number of carbonyl (C=O) groups excluding carboxylic acids is 1. The van der Waals surface area contributed by atoms with E-state index < -0.39 is 11.7 Å². The number of unbranched alkanes of at least 4 members (excludes halogenated alkanes) is 2. The van der Waals surface area contributed by atoms with E-state index in [9.17, 15) is 4.79 Å². The first-order valence-corrected chi connectivity index (χ1v) is 5.41. The Bertz CT molecular complexity index is 232. The summed E-state index contributed by atoms with van der Waals surface area (Å²) in [4.78, 5) is 12.0. The van der Waals surface area contributed by atoms with E-state index in [0.717, 1.165) is 17.7 Å². The zero-order valence-electron chi connectivity index (χ0n) is 12.4. The molecular weight excluding hydrogens is 273 g/mol. The molecule has 5 heteroatoms. The van der Waals surface area contributed by atoms with Gasteiger partial charge in [0, 0.05) is 0 Å². The van der Waals surface area contributed by atoms with E-state index in [1.165, 1.54) is 6.42 Å². The van der Waals surface area contributed by atoms with Gasteiger partial charge in [-0.05, 0) is 40.7 Å². The van der Waals surface area contributed by atoms with E-state index in [-0.39, 0.29) is 35.9 Å². The van der Waals surface area contributed by atoms with E-state index >= 15 is 0 Å². The van der Waals surface area contributed by atoms with Crippen LogP contribution in [0, 0.1) is 19.4 Å². The molecule has 0 aliphatic rings. The van der Waals surface area contributed by atoms with E-state index in [1.807, 2.05) is 20.8 Å². The van der Waals surface area contributed by atoms with Crippen molar-refractivity contribution in [2.45, 2.75) is 52.6 Å². The molecule has 0 aromatic rings. The largest absolute Gasteiger partial charge is 1.00 e. The Hall–Kier alpha value is -0.0531. The molecule has 0 bridgehead atoms. The molecule has 0 N–H and O–H groups in total. The van der Waals surface area contributed by atoms with Gasteiger partial charge in [-0.25, -0.2) is 11.8 Å². The summed E-state index contributed by atoms with van der Waals surface area (Å²) in [5.41, 5.74) is -0.428. The normalized spacial score (nSPS) is 8.50. The minimum Gasteiger partial charge on any atom is -0.694 e. The fourth-order valence-corrected chi connectivity index (χ4v) is 0.605. The first kappa shape index (κ1) is 26.5. The van der Waals surface area contributed by atoms with Gasteiger partial charge in [-0.2, -0.15) is 0 Å². The van der Waals surface area contributed by atoms with Crippen LogP contribution in [0.15, 0.2) is 0 Å². The number of ether oxygens (including phenoxy) is 1. The van der Waals surface area contributed by atoms with Gasteiger partial charge in [0.25, 0.3) is 0 Å². The molecule has 0 saturated carbocycles. The minimum atomic E-state index is -0.428. The van der Waals surface area contributed by atoms with Crippen LogP contribution in [0.25, 0.3) is 0 Å². The number of hydrogen-bond acceptors (Lipinski definition) is 2. The third kappa shape index (κ3) is 25.0. The van der Waals surface area contributed by atoms with Crippen molar-refractivity contribution in [3.05, 3.63) is 13.5 Å². The van der Waals surface area contributed by atoms with Gasteiger partial charge < -0.3 is 22.0 Å². The SMILES string of the molecule is [C-]#CCCCC.[CH2-]N(C)C(=O)OC(C)(C)C.[Cu+].[Li+]. The Morgan fingerprint density at radius 3 is 2.00 bits per heavy atom. The molecule has 3 nitrogen and oxygen atoms in total. The molecule has 0 aliphatic carbocycles. The maximum absolute atomic E-state index is 10.8. The molecule has 0 atom stereocenters. The smallest absolute Gasteiger partial charge is 0.694 e. The maximum atomic E-state index is 10.8. The van der Waals surface area contributed by atoms with Crippen molar-refractivity contribution in [2.24, 2.45) is 0 Å². The Labute approximate surface area is 135 Å². The predicted molar refractivity (Wildman–Crippen MR) is 66.0 cm³/mol. The molecule has 0 aromatic carbocycles. The second-order valence-electron chi connectivity index (χ2n) is 4.46. The van der Waals surface area contributed by atoms with Crippen molar-refractivity contribution in [3.63, 3.8) is 0 Å². The van der Waals surface area contributed by atoms with E-state index in [4.69, 9.17) is 11.2 Å². The van der Waals surface area contributed by atoms with Crippen LogP contribution in [0.5, 0.6) is 0 Å². The summed E-state index contributed by atoms with van der Waals surface area (Å²) in [6.45, 7) is 7.55. The molecular formula is C13H23CuLiNO2. The molecule has 0 spiro atoms. The number of nitrogens with zero attached hydrogens (tertiary/aromatic N) is 1. The van der Waals surface area contributed by atoms with Crippen LogP contribution < -0.4 is 18.9 Å². The van der Waals surface area contributed by atoms with E-state index in [1.54, 1.807) is 7.05 Å². The van der Waals surface area contributed by atoms with Crippen LogP contribution in [0.4, 0.5) is 4.79 Å². The second kappa shape index (κ2) is 15.0. The van der Waals surface area contributed by atoms with Gasteiger partial charge in [0.05, 0.1) is 0 Å². The topological polar surface area (TPSA) is 29.5 Å². The van der Waals surface area contributed by atoms with Crippen LogP contribution in [0.3, 0.4) is 0 Å². The van der Waals surface area contributed by atoms with Crippen molar-refractivity contribution in [1.82, 2.24) is 4.90 Å². The molecule has 0 rings (SSSR count). The fourth-order valence-electron chi connectivity index (χ4n) is 0.605. The molecule has 1 amide bonds. The van der Waals surface area contributed by atoms with E-state index in [2.05, 4.69) is 19.9 Å². The summed E-state index contributed by atoms with van der Waals surface area (Å²) in [6.07, 6.45) is 9.16. The summed E-state index contributed by atoms with van der Waals surface area (Å²) in [6, 6.07) is 0. The molecule has 0 unspecified atom stereocenters. The van der Waals surface area contributed by atoms with Crippen molar-refractivity contribution in [2.75, 3.05) is 7.05 Å². The Kier molecular flexibility index (Phi) is 22.1. The predicted octanol–water partition coefficient (Wildman–Crippen LogP) is 0.413. The molecule has 0 aliphatic heterocycles. The summed E-state index contributed by atoms with van der Waals surface area (Å²) in [5.74, 6) is 2.32. The van der Waals surface area contributed by atoms with Crippen LogP contribution >= 0.6 is 0 Å². The van der Waals surface area contributed by atoms with Crippen LogP contribution in [-0.4, -0.2) is 23.6 Å². The quantitative estimate of drug-likeness (QED) is 0.320. The fraction of sp³-hybridized carbons (Fsp3) is 0.692. The van der Waals surface area contributed by atoms with Crippen LogP contribution in [0.2, 0.25) is 0 Å². The van der Waals surface area contributed by atoms with E-state index in [0.29, 0.717) is 0 Å². The van der Waals surface area contributed by atoms with Crippen molar-refractivity contribution < 1.29 is 45.5 Å². The number of amides is 1. The Balaban J connectivity index is -0.000000108. The minimum absolute atomic E-state index is 0. The molecule has 18 heavy (non-hydrogen) atoms. The van der Waals surface area contributed by atoms with Gasteiger partial charge >= 0.3 is 42.0 Å². The molecule has 0 fully saturated rings. The monoisotopic (exact) mass is 295 g/mol. The van der Waals surface area contributed by atoms with Gasteiger partial charge in [0.1, 0.15) is 5.60 Å². The zero-order valence-corrected chi connectivity index (χ0v) is 13.3. The van der Waals surface area contributed by atoms with Gasteiger partial charge in [-0.15, -0.1) is 0 Å². The molecule has 0 heterocycles. The third-order valence-corrected chi connectivity index (χ3v) is 1.36. The summed E-state index contributed by atoms with van der Waals surface area (Å²) in [7, 11) is 4.93. The number of hydrogen-bond donors (Lipinski definition) is 0. The average molecular weight is 296 g/mol. The summed E-state index contributed by atoms with van der Waals surface area (Å²) < 4.78 is 4.92. The molecule has 0 saturated heterocycles. The first-order valence-electron chi connectivity index (χ1n) is 5.41. The second-order valence-corrected chi connectivity index (χ2v) is 4.46. The van der Waals surface area contributed by atoms with Crippen LogP contribution in [0.1, 0.15) is 47.0 Å². The number of rotatable bonds is 2. The average Bonchev–Trinajstić information content (AvgIpc) is 2.13. The van der Waals surface area contributed by atoms with Gasteiger partial charge in [0.2, 0.25) is 0 Å². The standard InChI is InChI=1S/C7H14NO2.C6H9.Cu.Li/c1-7(2,3)10-6(9)8(4)5;1-3-5-6-4-2;;/h4H2,1-3,5H3;3,5-6H2,1H3;;/q2*-1;2*+1. The first-order chi connectivity index (χ1) is 7.24. The zero-order chi connectivity index (χ0) is 13.2. The van der Waals surface area contributed by atoms with Crippen LogP contribution in [-0.2, 0) is 21.8 Å². The Morgan fingerprint density at radius 1 is 1.44 bits per heavy atom. The Morgan fingerprint density at radius 2 is 1.89 bits per heavy atom. The number of carbonyl (C=O) groups is 1. The van der Waals surface area contributed by atoms with Gasteiger partial charge in [0.15, 0.2) is 0 Å². The molecule has 0 radical (unpaired) electrons. The molecule has 104 valence electrons. The van der Waals surface area contributed by atoms with Gasteiger partial charge in [-0.1, -0.05) is 13.3 Å². The van der Waals surface area contributed by atoms with Crippen molar-refractivity contribution in [3.8, 4) is 5.92 Å². The summed E-state index contributed by atoms with van der Waals surface area (Å²) >= 11 is 0. The maximum Gasteiger partial charge on any atom is 1.00 e.